The summed E-state index contributed by atoms with van der Waals surface area (Å²) in [5.74, 6) is -1.03. The van der Waals surface area contributed by atoms with Crippen LogP contribution in [0.1, 0.15) is 20.8 Å². The minimum Gasteiger partial charge on any atom is -0.258 e. The van der Waals surface area contributed by atoms with E-state index in [0.717, 1.165) is 0 Å². The molecule has 0 radical (unpaired) electrons. The predicted molar refractivity (Wildman–Crippen MR) is 56.6 cm³/mol. The van der Waals surface area contributed by atoms with Gasteiger partial charge in [0.2, 0.25) is 0 Å². The number of hydrogen-bond donors (Lipinski definition) is 0. The molecule has 0 atom stereocenters. The number of nitro groups is 1. The second kappa shape index (κ2) is 3.44. The lowest BCUT2D eigenvalue weighted by Crippen LogP contribution is -2.24. The lowest BCUT2D eigenvalue weighted by Gasteiger charge is -2.19. The number of nitrogens with zero attached hydrogens (tertiary/aromatic N) is 3. The topological polar surface area (TPSA) is 61.0 Å². The Bertz CT molecular complexity index is 383. The number of halogens is 2. The molecule has 0 saturated heterocycles. The van der Waals surface area contributed by atoms with E-state index in [1.54, 1.807) is 43.4 Å². The Kier molecular flexibility index (Phi) is 2.79. The van der Waals surface area contributed by atoms with Gasteiger partial charge in [-0.15, -0.1) is 5.10 Å². The zero-order valence-electron chi connectivity index (χ0n) is 7.91. The molecule has 0 aromatic carbocycles. The molecule has 0 spiro atoms. The molecule has 0 bridgehead atoms. The molecule has 0 saturated carbocycles. The smallest absolute Gasteiger partial charge is 0.258 e. The zero-order chi connectivity index (χ0) is 11.1. The maximum absolute atomic E-state index is 13.1. The highest BCUT2D eigenvalue weighted by Crippen LogP contribution is 2.28. The van der Waals surface area contributed by atoms with Crippen molar-refractivity contribution in [3.05, 3.63) is 19.8 Å². The van der Waals surface area contributed by atoms with Crippen molar-refractivity contribution in [1.29, 1.82) is 0 Å². The normalized spacial score (nSPS) is 11.8. The fourth-order valence-electron chi connectivity index (χ4n) is 0.960. The Morgan fingerprint density at radius 2 is 2.07 bits per heavy atom. The molecular formula is C7H9FIN3O2. The fourth-order valence-corrected chi connectivity index (χ4v) is 2.21. The molecule has 0 N–H and O–H groups in total. The Morgan fingerprint density at radius 3 is 2.29 bits per heavy atom. The van der Waals surface area contributed by atoms with Crippen LogP contribution in [0.15, 0.2) is 0 Å². The van der Waals surface area contributed by atoms with E-state index < -0.39 is 22.1 Å². The van der Waals surface area contributed by atoms with Crippen LogP contribution in [0, 0.1) is 19.8 Å². The minimum absolute atomic E-state index is 0.206. The summed E-state index contributed by atoms with van der Waals surface area (Å²) < 4.78 is 14.6. The SMILES string of the molecule is CC(C)(C)n1nc(F)c([N+](=O)[O-])c1I. The highest BCUT2D eigenvalue weighted by molar-refractivity contribution is 14.1. The molecule has 0 aliphatic rings. The van der Waals surface area contributed by atoms with Crippen LogP contribution in [0.5, 0.6) is 0 Å². The third-order valence-corrected chi connectivity index (χ3v) is 2.55. The molecule has 0 fully saturated rings. The van der Waals surface area contributed by atoms with E-state index in [9.17, 15) is 14.5 Å². The molecule has 1 aromatic heterocycles. The number of aromatic nitrogens is 2. The summed E-state index contributed by atoms with van der Waals surface area (Å²) in [6, 6.07) is 0. The zero-order valence-corrected chi connectivity index (χ0v) is 10.1. The van der Waals surface area contributed by atoms with E-state index in [0.29, 0.717) is 0 Å². The van der Waals surface area contributed by atoms with Gasteiger partial charge in [-0.2, -0.15) is 4.39 Å². The van der Waals surface area contributed by atoms with Crippen molar-refractivity contribution in [1.82, 2.24) is 9.78 Å². The van der Waals surface area contributed by atoms with E-state index in [1.807, 2.05) is 0 Å². The lowest BCUT2D eigenvalue weighted by molar-refractivity contribution is -0.388. The maximum Gasteiger partial charge on any atom is 0.356 e. The Balaban J connectivity index is 3.39. The summed E-state index contributed by atoms with van der Waals surface area (Å²) >= 11 is 1.72. The van der Waals surface area contributed by atoms with Gasteiger partial charge in [-0.1, -0.05) is 0 Å². The first kappa shape index (κ1) is 11.3. The molecule has 0 aliphatic heterocycles. The predicted octanol–water partition coefficient (Wildman–Crippen LogP) is 2.29. The Labute approximate surface area is 93.6 Å². The molecular weight excluding hydrogens is 304 g/mol. The average molecular weight is 313 g/mol. The average Bonchev–Trinajstić information content (AvgIpc) is 2.24. The van der Waals surface area contributed by atoms with Crippen molar-refractivity contribution in [3.63, 3.8) is 0 Å². The second-order valence-electron chi connectivity index (χ2n) is 3.77. The molecule has 14 heavy (non-hydrogen) atoms. The molecule has 0 aliphatic carbocycles. The van der Waals surface area contributed by atoms with Crippen molar-refractivity contribution in [2.24, 2.45) is 0 Å². The largest absolute Gasteiger partial charge is 0.356 e. The van der Waals surface area contributed by atoms with Crippen LogP contribution < -0.4 is 0 Å². The standard InChI is InChI=1S/C7H9FIN3O2/c1-7(2,3)11-6(9)4(12(13)14)5(8)10-11/h1-3H3. The lowest BCUT2D eigenvalue weighted by atomic mass is 10.1. The van der Waals surface area contributed by atoms with Crippen molar-refractivity contribution < 1.29 is 9.31 Å². The molecule has 0 amide bonds. The highest BCUT2D eigenvalue weighted by atomic mass is 127. The van der Waals surface area contributed by atoms with Crippen LogP contribution in [0.2, 0.25) is 0 Å². The van der Waals surface area contributed by atoms with Crippen LogP contribution in [0.3, 0.4) is 0 Å². The Hall–Kier alpha value is -0.730. The van der Waals surface area contributed by atoms with Crippen LogP contribution in [-0.4, -0.2) is 14.7 Å². The summed E-state index contributed by atoms with van der Waals surface area (Å²) in [6.45, 7) is 5.39. The second-order valence-corrected chi connectivity index (χ2v) is 4.79. The summed E-state index contributed by atoms with van der Waals surface area (Å²) in [4.78, 5) is 9.73. The molecule has 78 valence electrons. The van der Waals surface area contributed by atoms with Gasteiger partial charge in [-0.25, -0.2) is 4.68 Å². The number of hydrogen-bond acceptors (Lipinski definition) is 3. The first-order chi connectivity index (χ1) is 6.25. The van der Waals surface area contributed by atoms with Gasteiger partial charge in [-0.3, -0.25) is 10.1 Å². The van der Waals surface area contributed by atoms with Gasteiger partial charge in [-0.05, 0) is 43.4 Å². The van der Waals surface area contributed by atoms with Gasteiger partial charge < -0.3 is 0 Å². The highest BCUT2D eigenvalue weighted by Gasteiger charge is 2.30. The summed E-state index contributed by atoms with van der Waals surface area (Å²) in [5.41, 5.74) is -1.02. The van der Waals surface area contributed by atoms with E-state index in [4.69, 9.17) is 0 Å². The molecule has 7 heteroatoms. The van der Waals surface area contributed by atoms with Crippen molar-refractivity contribution >= 4 is 28.3 Å². The van der Waals surface area contributed by atoms with Crippen LogP contribution in [0.25, 0.3) is 0 Å². The van der Waals surface area contributed by atoms with Gasteiger partial charge in [0.15, 0.2) is 3.70 Å². The van der Waals surface area contributed by atoms with Crippen molar-refractivity contribution in [2.45, 2.75) is 26.3 Å². The summed E-state index contributed by atoms with van der Waals surface area (Å²) in [6.07, 6.45) is 0. The minimum atomic E-state index is -1.03. The number of rotatable bonds is 1. The molecule has 5 nitrogen and oxygen atoms in total. The van der Waals surface area contributed by atoms with Gasteiger partial charge in [0.05, 0.1) is 10.5 Å². The monoisotopic (exact) mass is 313 g/mol. The van der Waals surface area contributed by atoms with E-state index in [2.05, 4.69) is 5.10 Å². The van der Waals surface area contributed by atoms with E-state index in [1.165, 1.54) is 4.68 Å². The fraction of sp³-hybridized carbons (Fsp3) is 0.571. The van der Waals surface area contributed by atoms with Crippen LogP contribution >= 0.6 is 22.6 Å². The quantitative estimate of drug-likeness (QED) is 0.454. The van der Waals surface area contributed by atoms with E-state index in [-0.39, 0.29) is 3.70 Å². The molecule has 0 unspecified atom stereocenters. The van der Waals surface area contributed by atoms with Gasteiger partial charge in [0.25, 0.3) is 0 Å². The maximum atomic E-state index is 13.1. The van der Waals surface area contributed by atoms with Crippen LogP contribution in [0.4, 0.5) is 10.1 Å². The Morgan fingerprint density at radius 1 is 1.57 bits per heavy atom. The first-order valence-corrected chi connectivity index (χ1v) is 4.92. The third-order valence-electron chi connectivity index (χ3n) is 1.58. The van der Waals surface area contributed by atoms with Crippen molar-refractivity contribution in [3.8, 4) is 0 Å². The van der Waals surface area contributed by atoms with Gasteiger partial charge in [0, 0.05) is 0 Å². The van der Waals surface area contributed by atoms with Gasteiger partial charge in [0.1, 0.15) is 0 Å². The molecule has 1 heterocycles. The third kappa shape index (κ3) is 1.86. The summed E-state index contributed by atoms with van der Waals surface area (Å²) in [5, 5.41) is 14.0. The van der Waals surface area contributed by atoms with Crippen LogP contribution in [-0.2, 0) is 5.54 Å². The molecule has 1 aromatic rings. The van der Waals surface area contributed by atoms with E-state index >= 15 is 0 Å². The molecule has 1 rings (SSSR count). The summed E-state index contributed by atoms with van der Waals surface area (Å²) in [7, 11) is 0. The van der Waals surface area contributed by atoms with Gasteiger partial charge >= 0.3 is 11.6 Å². The first-order valence-electron chi connectivity index (χ1n) is 3.84. The van der Waals surface area contributed by atoms with Crippen molar-refractivity contribution in [2.75, 3.05) is 0 Å².